The normalized spacial score (nSPS) is 10.3. The minimum absolute atomic E-state index is 0.101. The number of halogens is 1. The molecule has 7 nitrogen and oxygen atoms in total. The predicted octanol–water partition coefficient (Wildman–Crippen LogP) is 1.52. The molecule has 18 heavy (non-hydrogen) atoms. The van der Waals surface area contributed by atoms with Gasteiger partial charge < -0.3 is 9.26 Å². The van der Waals surface area contributed by atoms with Gasteiger partial charge in [-0.25, -0.2) is 9.97 Å². The van der Waals surface area contributed by atoms with E-state index in [1.54, 1.807) is 0 Å². The third-order valence-electron chi connectivity index (χ3n) is 1.93. The van der Waals surface area contributed by atoms with E-state index in [-0.39, 0.29) is 23.4 Å². The Morgan fingerprint density at radius 2 is 2.44 bits per heavy atom. The number of nitrogens with one attached hydrogen (secondary N) is 1. The van der Waals surface area contributed by atoms with Gasteiger partial charge in [0.1, 0.15) is 11.8 Å². The molecule has 0 aliphatic heterocycles. The maximum absolute atomic E-state index is 11.7. The second-order valence-corrected chi connectivity index (χ2v) is 3.66. The lowest BCUT2D eigenvalue weighted by Gasteiger charge is -1.99. The summed E-state index contributed by atoms with van der Waals surface area (Å²) in [7, 11) is 1.52. The quantitative estimate of drug-likeness (QED) is 0.846. The number of amides is 1. The Kier molecular flexibility index (Phi) is 3.85. The van der Waals surface area contributed by atoms with Gasteiger partial charge in [-0.1, -0.05) is 16.8 Å². The summed E-state index contributed by atoms with van der Waals surface area (Å²) in [5, 5.41) is 6.28. The van der Waals surface area contributed by atoms with Crippen LogP contribution in [-0.4, -0.2) is 28.1 Å². The first-order chi connectivity index (χ1) is 8.69. The number of aromatic nitrogens is 3. The van der Waals surface area contributed by atoms with Gasteiger partial charge in [0.2, 0.25) is 5.95 Å². The zero-order valence-corrected chi connectivity index (χ0v) is 10.1. The summed E-state index contributed by atoms with van der Waals surface area (Å²) in [6.45, 7) is 0.244. The lowest BCUT2D eigenvalue weighted by Crippen LogP contribution is -2.14. The van der Waals surface area contributed by atoms with E-state index in [1.165, 1.54) is 25.4 Å². The van der Waals surface area contributed by atoms with Crippen molar-refractivity contribution in [3.05, 3.63) is 34.9 Å². The lowest BCUT2D eigenvalue weighted by atomic mass is 10.3. The molecule has 0 aromatic carbocycles. The Balaban J connectivity index is 2.07. The summed E-state index contributed by atoms with van der Waals surface area (Å²) < 4.78 is 9.73. The molecule has 2 rings (SSSR count). The number of rotatable bonds is 4. The Hall–Kier alpha value is -1.99. The van der Waals surface area contributed by atoms with E-state index in [0.717, 1.165) is 0 Å². The minimum atomic E-state index is -0.483. The van der Waals surface area contributed by atoms with E-state index in [9.17, 15) is 4.79 Å². The molecule has 1 amide bonds. The summed E-state index contributed by atoms with van der Waals surface area (Å²) in [5.41, 5.74) is 0.116. The SMILES string of the molecule is COCc1cc(C(=O)Nc2nccc(Cl)n2)no1. The summed E-state index contributed by atoms with van der Waals surface area (Å²) in [4.78, 5) is 19.4. The average Bonchev–Trinajstić information content (AvgIpc) is 2.78. The van der Waals surface area contributed by atoms with Crippen LogP contribution < -0.4 is 5.32 Å². The van der Waals surface area contributed by atoms with Crippen molar-refractivity contribution >= 4 is 23.5 Å². The van der Waals surface area contributed by atoms with Crippen LogP contribution in [0.5, 0.6) is 0 Å². The molecule has 94 valence electrons. The summed E-state index contributed by atoms with van der Waals surface area (Å²) >= 11 is 5.67. The number of carbonyl (C=O) groups excluding carboxylic acids is 1. The van der Waals surface area contributed by atoms with Gasteiger partial charge >= 0.3 is 0 Å². The molecule has 0 bridgehead atoms. The molecule has 0 aliphatic rings. The Morgan fingerprint density at radius 1 is 1.61 bits per heavy atom. The first-order valence-electron chi connectivity index (χ1n) is 4.93. The van der Waals surface area contributed by atoms with Crippen LogP contribution in [0.25, 0.3) is 0 Å². The van der Waals surface area contributed by atoms with Gasteiger partial charge in [-0.05, 0) is 6.07 Å². The Morgan fingerprint density at radius 3 is 3.17 bits per heavy atom. The van der Waals surface area contributed by atoms with Crippen LogP contribution in [0.2, 0.25) is 5.15 Å². The van der Waals surface area contributed by atoms with E-state index in [2.05, 4.69) is 20.4 Å². The predicted molar refractivity (Wildman–Crippen MR) is 62.2 cm³/mol. The third-order valence-corrected chi connectivity index (χ3v) is 2.14. The molecule has 0 atom stereocenters. The van der Waals surface area contributed by atoms with E-state index >= 15 is 0 Å². The highest BCUT2D eigenvalue weighted by Crippen LogP contribution is 2.09. The van der Waals surface area contributed by atoms with Crippen molar-refractivity contribution in [2.24, 2.45) is 0 Å². The van der Waals surface area contributed by atoms with Gasteiger partial charge in [-0.15, -0.1) is 0 Å². The van der Waals surface area contributed by atoms with Crippen molar-refractivity contribution < 1.29 is 14.1 Å². The maximum atomic E-state index is 11.7. The van der Waals surface area contributed by atoms with Gasteiger partial charge in [0.05, 0.1) is 0 Å². The molecule has 0 aliphatic carbocycles. The van der Waals surface area contributed by atoms with Crippen LogP contribution >= 0.6 is 11.6 Å². The van der Waals surface area contributed by atoms with Gasteiger partial charge in [0.25, 0.3) is 5.91 Å². The minimum Gasteiger partial charge on any atom is -0.377 e. The number of hydrogen-bond donors (Lipinski definition) is 1. The van der Waals surface area contributed by atoms with Gasteiger partial charge in [-0.2, -0.15) is 0 Å². The van der Waals surface area contributed by atoms with Crippen molar-refractivity contribution in [3.63, 3.8) is 0 Å². The zero-order chi connectivity index (χ0) is 13.0. The fourth-order valence-corrected chi connectivity index (χ4v) is 1.33. The number of methoxy groups -OCH3 is 1. The monoisotopic (exact) mass is 268 g/mol. The van der Waals surface area contributed by atoms with Crippen molar-refractivity contribution in [3.8, 4) is 0 Å². The van der Waals surface area contributed by atoms with Gasteiger partial charge in [-0.3, -0.25) is 10.1 Å². The van der Waals surface area contributed by atoms with Gasteiger partial charge in [0.15, 0.2) is 11.5 Å². The summed E-state index contributed by atoms with van der Waals surface area (Å²) in [6, 6.07) is 2.98. The number of anilines is 1. The van der Waals surface area contributed by atoms with Gasteiger partial charge in [0, 0.05) is 19.4 Å². The number of hydrogen-bond acceptors (Lipinski definition) is 6. The van der Waals surface area contributed by atoms with Crippen LogP contribution in [0.4, 0.5) is 5.95 Å². The molecule has 2 heterocycles. The van der Waals surface area contributed by atoms with E-state index < -0.39 is 5.91 Å². The third kappa shape index (κ3) is 3.02. The molecule has 0 fully saturated rings. The fraction of sp³-hybridized carbons (Fsp3) is 0.200. The average molecular weight is 269 g/mol. The molecule has 2 aromatic heterocycles. The second kappa shape index (κ2) is 5.56. The highest BCUT2D eigenvalue weighted by atomic mass is 35.5. The van der Waals surface area contributed by atoms with Crippen molar-refractivity contribution in [1.29, 1.82) is 0 Å². The molecule has 8 heteroatoms. The topological polar surface area (TPSA) is 90.1 Å². The van der Waals surface area contributed by atoms with Crippen LogP contribution in [-0.2, 0) is 11.3 Å². The number of nitrogens with zero attached hydrogens (tertiary/aromatic N) is 3. The van der Waals surface area contributed by atoms with E-state index in [0.29, 0.717) is 5.76 Å². The summed E-state index contributed by atoms with van der Waals surface area (Å²) in [5.74, 6) is 0.0711. The molecular weight excluding hydrogens is 260 g/mol. The van der Waals surface area contributed by atoms with Crippen LogP contribution in [0.15, 0.2) is 22.9 Å². The van der Waals surface area contributed by atoms with Crippen LogP contribution in [0.1, 0.15) is 16.2 Å². The maximum Gasteiger partial charge on any atom is 0.280 e. The van der Waals surface area contributed by atoms with Crippen molar-refractivity contribution in [1.82, 2.24) is 15.1 Å². The fourth-order valence-electron chi connectivity index (χ4n) is 1.19. The Labute approximate surface area is 107 Å². The zero-order valence-electron chi connectivity index (χ0n) is 9.38. The second-order valence-electron chi connectivity index (χ2n) is 3.27. The first-order valence-corrected chi connectivity index (χ1v) is 5.31. The highest BCUT2D eigenvalue weighted by molar-refractivity contribution is 6.29. The van der Waals surface area contributed by atoms with Crippen molar-refractivity contribution in [2.45, 2.75) is 6.61 Å². The molecule has 2 aromatic rings. The van der Waals surface area contributed by atoms with E-state index in [1.807, 2.05) is 0 Å². The molecule has 0 saturated carbocycles. The molecule has 0 radical (unpaired) electrons. The number of ether oxygens (including phenoxy) is 1. The Bertz CT molecular complexity index is 558. The van der Waals surface area contributed by atoms with Crippen molar-refractivity contribution in [2.75, 3.05) is 12.4 Å². The first kappa shape index (κ1) is 12.5. The molecule has 0 saturated heterocycles. The summed E-state index contributed by atoms with van der Waals surface area (Å²) in [6.07, 6.45) is 1.43. The standard InChI is InChI=1S/C10H9ClN4O3/c1-17-5-6-4-7(15-18-6)9(16)14-10-12-3-2-8(11)13-10/h2-4H,5H2,1H3,(H,12,13,14,16). The number of carbonyl (C=O) groups is 1. The van der Waals surface area contributed by atoms with E-state index in [4.69, 9.17) is 20.9 Å². The smallest absolute Gasteiger partial charge is 0.280 e. The largest absolute Gasteiger partial charge is 0.377 e. The highest BCUT2D eigenvalue weighted by Gasteiger charge is 2.13. The molecule has 0 unspecified atom stereocenters. The van der Waals surface area contributed by atoms with Crippen LogP contribution in [0, 0.1) is 0 Å². The molecule has 1 N–H and O–H groups in total. The van der Waals surface area contributed by atoms with Crippen LogP contribution in [0.3, 0.4) is 0 Å². The molecule has 0 spiro atoms. The molecular formula is C10H9ClN4O3. The lowest BCUT2D eigenvalue weighted by molar-refractivity contribution is 0.101.